The second kappa shape index (κ2) is 5.21. The van der Waals surface area contributed by atoms with Gasteiger partial charge in [0, 0.05) is 5.69 Å². The number of fused-ring (bicyclic) bond motifs is 5. The molecular weight excluding hydrogens is 346 g/mol. The first-order valence-corrected chi connectivity index (χ1v) is 9.21. The van der Waals surface area contributed by atoms with Gasteiger partial charge in [0.25, 0.3) is 0 Å². The minimum absolute atomic E-state index is 0.0992. The van der Waals surface area contributed by atoms with Crippen molar-refractivity contribution in [3.8, 4) is 11.3 Å². The van der Waals surface area contributed by atoms with Crippen molar-refractivity contribution in [3.05, 3.63) is 64.6 Å². The van der Waals surface area contributed by atoms with Crippen LogP contribution in [-0.4, -0.2) is 20.4 Å². The Bertz CT molecular complexity index is 1050. The summed E-state index contributed by atoms with van der Waals surface area (Å²) < 4.78 is 28.5. The number of H-pyrrole nitrogens is 1. The molecule has 0 amide bonds. The molecule has 3 aromatic rings. The van der Waals surface area contributed by atoms with Gasteiger partial charge in [-0.3, -0.25) is 5.10 Å². The van der Waals surface area contributed by atoms with Gasteiger partial charge in [0.05, 0.1) is 28.1 Å². The molecule has 2 aliphatic carbocycles. The first-order valence-electron chi connectivity index (χ1n) is 9.21. The lowest BCUT2D eigenvalue weighted by Crippen LogP contribution is -2.37. The van der Waals surface area contributed by atoms with Crippen LogP contribution in [0.4, 0.5) is 8.78 Å². The van der Waals surface area contributed by atoms with Gasteiger partial charge in [-0.25, -0.2) is 8.78 Å². The molecule has 1 N–H and O–H groups in total. The monoisotopic (exact) mass is 366 g/mol. The maximum Gasteiger partial charge on any atom is 0.135 e. The molecule has 2 atom stereocenters. The molecule has 0 unspecified atom stereocenters. The van der Waals surface area contributed by atoms with E-state index in [9.17, 15) is 8.78 Å². The maximum absolute atomic E-state index is 14.2. The number of nitrogens with one attached hydrogen (secondary N) is 1. The first kappa shape index (κ1) is 16.5. The Morgan fingerprint density at radius 2 is 1.85 bits per heavy atom. The van der Waals surface area contributed by atoms with Crippen LogP contribution in [0.1, 0.15) is 55.3 Å². The summed E-state index contributed by atoms with van der Waals surface area (Å²) in [7, 11) is 0. The molecule has 0 radical (unpaired) electrons. The van der Waals surface area contributed by atoms with Gasteiger partial charge < -0.3 is 0 Å². The predicted molar refractivity (Wildman–Crippen MR) is 97.2 cm³/mol. The Hall–Kier alpha value is -2.63. The molecule has 1 aromatic carbocycles. The van der Waals surface area contributed by atoms with E-state index < -0.39 is 11.6 Å². The number of hydrogen-bond acceptors (Lipinski definition) is 3. The second-order valence-electron chi connectivity index (χ2n) is 8.28. The second-order valence-corrected chi connectivity index (χ2v) is 8.28. The van der Waals surface area contributed by atoms with Crippen LogP contribution in [0.25, 0.3) is 11.3 Å². The number of halogens is 2. The van der Waals surface area contributed by atoms with Crippen LogP contribution >= 0.6 is 0 Å². The molecule has 5 rings (SSSR count). The average molecular weight is 366 g/mol. The van der Waals surface area contributed by atoms with Crippen LogP contribution in [0.2, 0.25) is 0 Å². The number of aryl methyl sites for hydroxylation is 1. The molecule has 0 spiro atoms. The van der Waals surface area contributed by atoms with Gasteiger partial charge in [-0.1, -0.05) is 19.9 Å². The highest BCUT2D eigenvalue weighted by molar-refractivity contribution is 5.64. The van der Waals surface area contributed by atoms with Gasteiger partial charge in [-0.05, 0) is 60.9 Å². The van der Waals surface area contributed by atoms with Gasteiger partial charge in [-0.2, -0.15) is 10.2 Å². The summed E-state index contributed by atoms with van der Waals surface area (Å²) >= 11 is 0. The average Bonchev–Trinajstić information content (AvgIpc) is 3.22. The fourth-order valence-corrected chi connectivity index (χ4v) is 5.39. The Morgan fingerprint density at radius 3 is 2.52 bits per heavy atom. The van der Waals surface area contributed by atoms with Crippen molar-refractivity contribution in [1.82, 2.24) is 20.4 Å². The van der Waals surface area contributed by atoms with Crippen LogP contribution in [0, 0.1) is 24.0 Å². The van der Waals surface area contributed by atoms with E-state index in [0.29, 0.717) is 0 Å². The fourth-order valence-electron chi connectivity index (χ4n) is 5.39. The first-order chi connectivity index (χ1) is 12.9. The molecule has 1 saturated carbocycles. The number of hydrogen-bond donors (Lipinski definition) is 1. The van der Waals surface area contributed by atoms with E-state index in [1.54, 1.807) is 0 Å². The zero-order valence-electron chi connectivity index (χ0n) is 15.5. The summed E-state index contributed by atoms with van der Waals surface area (Å²) in [6.45, 7) is 6.46. The maximum atomic E-state index is 14.2. The number of rotatable bonds is 2. The molecule has 27 heavy (non-hydrogen) atoms. The molecule has 1 fully saturated rings. The van der Waals surface area contributed by atoms with Crippen LogP contribution in [0.3, 0.4) is 0 Å². The molecule has 2 bridgehead atoms. The fraction of sp³-hybridized carbons (Fsp3) is 0.381. The van der Waals surface area contributed by atoms with E-state index in [1.807, 2.05) is 13.0 Å². The summed E-state index contributed by atoms with van der Waals surface area (Å²) in [4.78, 5) is 0. The van der Waals surface area contributed by atoms with E-state index in [2.05, 4.69) is 40.3 Å². The Balaban J connectivity index is 1.73. The zero-order chi connectivity index (χ0) is 19.0. The van der Waals surface area contributed by atoms with Gasteiger partial charge in [0.15, 0.2) is 0 Å². The van der Waals surface area contributed by atoms with Crippen molar-refractivity contribution in [1.29, 1.82) is 0 Å². The van der Waals surface area contributed by atoms with E-state index in [0.717, 1.165) is 35.5 Å². The third-order valence-corrected chi connectivity index (χ3v) is 6.74. The van der Waals surface area contributed by atoms with Crippen molar-refractivity contribution in [2.45, 2.75) is 44.9 Å². The molecule has 0 saturated heterocycles. The van der Waals surface area contributed by atoms with E-state index in [-0.39, 0.29) is 28.0 Å². The summed E-state index contributed by atoms with van der Waals surface area (Å²) in [5.74, 6) is -0.984. The largest absolute Gasteiger partial charge is 0.283 e. The topological polar surface area (TPSA) is 54.5 Å². The van der Waals surface area contributed by atoms with Crippen LogP contribution in [-0.2, 0) is 5.41 Å². The van der Waals surface area contributed by atoms with Gasteiger partial charge in [0.1, 0.15) is 11.6 Å². The number of benzene rings is 1. The highest BCUT2D eigenvalue weighted by Gasteiger charge is 2.65. The third kappa shape index (κ3) is 1.93. The molecule has 2 heterocycles. The zero-order valence-corrected chi connectivity index (χ0v) is 15.5. The normalized spacial score (nSPS) is 25.0. The van der Waals surface area contributed by atoms with Crippen LogP contribution < -0.4 is 0 Å². The molecule has 2 aliphatic rings. The molecular formula is C21H20F2N4. The van der Waals surface area contributed by atoms with Gasteiger partial charge in [-0.15, -0.1) is 5.10 Å². The van der Waals surface area contributed by atoms with Crippen molar-refractivity contribution in [3.63, 3.8) is 0 Å². The molecule has 6 heteroatoms. The van der Waals surface area contributed by atoms with Gasteiger partial charge >= 0.3 is 0 Å². The van der Waals surface area contributed by atoms with Crippen LogP contribution in [0.5, 0.6) is 0 Å². The molecule has 2 aromatic heterocycles. The highest BCUT2D eigenvalue weighted by atomic mass is 19.1. The Labute approximate surface area is 156 Å². The third-order valence-electron chi connectivity index (χ3n) is 6.74. The molecule has 0 aliphatic heterocycles. The van der Waals surface area contributed by atoms with E-state index >= 15 is 0 Å². The summed E-state index contributed by atoms with van der Waals surface area (Å²) in [6, 6.07) is 7.76. The van der Waals surface area contributed by atoms with Crippen molar-refractivity contribution >= 4 is 0 Å². The van der Waals surface area contributed by atoms with Crippen LogP contribution in [0.15, 0.2) is 30.3 Å². The predicted octanol–water partition coefficient (Wildman–Crippen LogP) is 4.66. The summed E-state index contributed by atoms with van der Waals surface area (Å²) in [6.07, 6.45) is 1.95. The molecule has 138 valence electrons. The summed E-state index contributed by atoms with van der Waals surface area (Å²) in [5.41, 5.74) is 3.64. The Kier molecular flexibility index (Phi) is 3.19. The Morgan fingerprint density at radius 1 is 1.11 bits per heavy atom. The molecule has 4 nitrogen and oxygen atoms in total. The number of aromatic nitrogens is 4. The van der Waals surface area contributed by atoms with E-state index in [4.69, 9.17) is 0 Å². The lowest BCUT2D eigenvalue weighted by Gasteiger charge is -2.36. The lowest BCUT2D eigenvalue weighted by molar-refractivity contribution is 0.242. The SMILES string of the molecule is Cc1cc([C@@]23CC[C@@H](c4cc(-c5c(F)cccc5F)nnc42)C3(C)C)n[nH]1. The number of nitrogens with zero attached hydrogens (tertiary/aromatic N) is 3. The minimum Gasteiger partial charge on any atom is -0.283 e. The standard InChI is InChI=1S/C21H20F2N4/c1-11-9-17(26-24-11)21-8-7-13(20(21,2)3)12-10-16(25-27-19(12)21)18-14(22)5-4-6-15(18)23/h4-6,9-10,13H,7-8H2,1-3H3,(H,24,26)/t13-,21-/m0/s1. The van der Waals surface area contributed by atoms with Gasteiger partial charge in [0.2, 0.25) is 0 Å². The highest BCUT2D eigenvalue weighted by Crippen LogP contribution is 2.69. The number of aromatic amines is 1. The smallest absolute Gasteiger partial charge is 0.135 e. The lowest BCUT2D eigenvalue weighted by atomic mass is 9.66. The van der Waals surface area contributed by atoms with Crippen molar-refractivity contribution in [2.24, 2.45) is 5.41 Å². The van der Waals surface area contributed by atoms with E-state index in [1.165, 1.54) is 18.2 Å². The van der Waals surface area contributed by atoms with Crippen molar-refractivity contribution < 1.29 is 8.78 Å². The minimum atomic E-state index is -0.621. The summed E-state index contributed by atoms with van der Waals surface area (Å²) in [5, 5.41) is 16.4. The quantitative estimate of drug-likeness (QED) is 0.718. The van der Waals surface area contributed by atoms with Crippen molar-refractivity contribution in [2.75, 3.05) is 0 Å².